The number of nitrogens with two attached hydrogens (primary N) is 1. The molecule has 1 aliphatic rings. The largest absolute Gasteiger partial charge is 0.444 e. The second-order valence-electron chi connectivity index (χ2n) is 6.25. The Hall–Kier alpha value is -1.73. The minimum atomic E-state index is -0.481. The summed E-state index contributed by atoms with van der Waals surface area (Å²) in [5, 5.41) is 0. The monoisotopic (exact) mass is 293 g/mol. The molecular formula is C14H23N5O2. The molecule has 2 unspecified atom stereocenters. The molecule has 7 heteroatoms. The molecule has 1 aromatic heterocycles. The summed E-state index contributed by atoms with van der Waals surface area (Å²) in [7, 11) is 0. The maximum Gasteiger partial charge on any atom is 0.410 e. The van der Waals surface area contributed by atoms with Gasteiger partial charge >= 0.3 is 6.09 Å². The predicted octanol–water partition coefficient (Wildman–Crippen LogP) is 1.24. The highest BCUT2D eigenvalue weighted by Gasteiger charge is 2.34. The van der Waals surface area contributed by atoms with E-state index in [4.69, 9.17) is 10.6 Å². The highest BCUT2D eigenvalue weighted by Crippen LogP contribution is 2.29. The number of hydrogen-bond donors (Lipinski definition) is 2. The molecule has 0 aliphatic carbocycles. The molecular weight excluding hydrogens is 270 g/mol. The molecule has 2 heterocycles. The molecule has 0 radical (unpaired) electrons. The number of amides is 1. The second kappa shape index (κ2) is 6.36. The van der Waals surface area contributed by atoms with Gasteiger partial charge in [0.1, 0.15) is 5.60 Å². The third-order valence-electron chi connectivity index (χ3n) is 3.43. The van der Waals surface area contributed by atoms with E-state index in [1.54, 1.807) is 23.5 Å². The molecule has 0 bridgehead atoms. The van der Waals surface area contributed by atoms with Crippen molar-refractivity contribution >= 4 is 6.09 Å². The number of hydrazine groups is 1. The number of rotatable bonds is 3. The lowest BCUT2D eigenvalue weighted by atomic mass is 9.97. The van der Waals surface area contributed by atoms with E-state index in [1.165, 1.54) is 0 Å². The van der Waals surface area contributed by atoms with E-state index in [-0.39, 0.29) is 18.1 Å². The van der Waals surface area contributed by atoms with Gasteiger partial charge in [-0.1, -0.05) is 0 Å². The van der Waals surface area contributed by atoms with Crippen molar-refractivity contribution in [3.63, 3.8) is 0 Å². The smallest absolute Gasteiger partial charge is 0.410 e. The van der Waals surface area contributed by atoms with E-state index in [0.717, 1.165) is 12.1 Å². The molecule has 0 spiro atoms. The lowest BCUT2D eigenvalue weighted by Crippen LogP contribution is -2.38. The zero-order valence-electron chi connectivity index (χ0n) is 12.7. The molecule has 0 aromatic carbocycles. The van der Waals surface area contributed by atoms with Gasteiger partial charge in [-0.3, -0.25) is 21.2 Å². The minimum Gasteiger partial charge on any atom is -0.444 e. The van der Waals surface area contributed by atoms with Crippen molar-refractivity contribution in [2.24, 2.45) is 11.8 Å². The van der Waals surface area contributed by atoms with Crippen molar-refractivity contribution in [3.8, 4) is 0 Å². The molecule has 3 N–H and O–H groups in total. The summed E-state index contributed by atoms with van der Waals surface area (Å²) in [6, 6.07) is -0.119. The third-order valence-corrected chi connectivity index (χ3v) is 3.43. The van der Waals surface area contributed by atoms with Crippen LogP contribution in [0.15, 0.2) is 18.6 Å². The maximum absolute atomic E-state index is 12.1. The fourth-order valence-corrected chi connectivity index (χ4v) is 2.49. The van der Waals surface area contributed by atoms with Crippen LogP contribution < -0.4 is 11.3 Å². The molecule has 2 atom stereocenters. The number of likely N-dealkylation sites (tertiary alicyclic amines) is 1. The number of hydrogen-bond acceptors (Lipinski definition) is 6. The molecule has 1 aliphatic heterocycles. The Balaban J connectivity index is 1.99. The standard InChI is InChI=1S/C14H23N5O2/c1-14(2,3)21-13(20)19-7-4-10(9-19)12(18-15)11-8-16-5-6-17-11/h5-6,8,10,12,18H,4,7,9,15H2,1-3H3. The number of carbonyl (C=O) groups excluding carboxylic acids is 1. The van der Waals surface area contributed by atoms with Crippen molar-refractivity contribution in [1.29, 1.82) is 0 Å². The van der Waals surface area contributed by atoms with Crippen LogP contribution in [0.4, 0.5) is 4.79 Å². The number of carbonyl (C=O) groups is 1. The van der Waals surface area contributed by atoms with Gasteiger partial charge < -0.3 is 9.64 Å². The highest BCUT2D eigenvalue weighted by atomic mass is 16.6. The topological polar surface area (TPSA) is 93.4 Å². The highest BCUT2D eigenvalue weighted by molar-refractivity contribution is 5.68. The van der Waals surface area contributed by atoms with Crippen LogP contribution in [-0.4, -0.2) is 39.7 Å². The first kappa shape index (κ1) is 15.7. The Bertz CT molecular complexity index is 474. The van der Waals surface area contributed by atoms with Crippen molar-refractivity contribution in [1.82, 2.24) is 20.3 Å². The first-order valence-corrected chi connectivity index (χ1v) is 7.10. The van der Waals surface area contributed by atoms with Crippen molar-refractivity contribution in [2.75, 3.05) is 13.1 Å². The van der Waals surface area contributed by atoms with Crippen LogP contribution in [0.1, 0.15) is 38.9 Å². The Morgan fingerprint density at radius 3 is 2.86 bits per heavy atom. The number of nitrogens with zero attached hydrogens (tertiary/aromatic N) is 3. The number of aromatic nitrogens is 2. The van der Waals surface area contributed by atoms with E-state index in [1.807, 2.05) is 20.8 Å². The van der Waals surface area contributed by atoms with Gasteiger partial charge in [-0.05, 0) is 27.2 Å². The predicted molar refractivity (Wildman–Crippen MR) is 78.0 cm³/mol. The van der Waals surface area contributed by atoms with Crippen LogP contribution in [-0.2, 0) is 4.74 Å². The Kier molecular flexibility index (Phi) is 4.74. The van der Waals surface area contributed by atoms with E-state index < -0.39 is 5.60 Å². The summed E-state index contributed by atoms with van der Waals surface area (Å²) >= 11 is 0. The van der Waals surface area contributed by atoms with Crippen LogP contribution in [0, 0.1) is 5.92 Å². The van der Waals surface area contributed by atoms with Gasteiger partial charge in [-0.15, -0.1) is 0 Å². The Labute approximate surface area is 124 Å². The molecule has 1 saturated heterocycles. The first-order valence-electron chi connectivity index (χ1n) is 7.10. The van der Waals surface area contributed by atoms with Crippen molar-refractivity contribution in [2.45, 2.75) is 38.8 Å². The second-order valence-corrected chi connectivity index (χ2v) is 6.25. The molecule has 1 aromatic rings. The zero-order valence-corrected chi connectivity index (χ0v) is 12.7. The van der Waals surface area contributed by atoms with Gasteiger partial charge in [0.05, 0.1) is 17.9 Å². The van der Waals surface area contributed by atoms with Crippen molar-refractivity contribution in [3.05, 3.63) is 24.3 Å². The van der Waals surface area contributed by atoms with Gasteiger partial charge in [-0.25, -0.2) is 4.79 Å². The fraction of sp³-hybridized carbons (Fsp3) is 0.643. The summed E-state index contributed by atoms with van der Waals surface area (Å²) in [4.78, 5) is 22.1. The average Bonchev–Trinajstić information content (AvgIpc) is 2.89. The SMILES string of the molecule is CC(C)(C)OC(=O)N1CCC(C(NN)c2cnccn2)C1. The van der Waals surface area contributed by atoms with Gasteiger partial charge in [-0.2, -0.15) is 0 Å². The minimum absolute atomic E-state index is 0.119. The third kappa shape index (κ3) is 4.12. The van der Waals surface area contributed by atoms with Crippen LogP contribution in [0.25, 0.3) is 0 Å². The summed E-state index contributed by atoms with van der Waals surface area (Å²) in [5.74, 6) is 5.85. The van der Waals surface area contributed by atoms with Gasteiger partial charge in [0, 0.05) is 31.4 Å². The molecule has 1 amide bonds. The van der Waals surface area contributed by atoms with Gasteiger partial charge in [0.2, 0.25) is 0 Å². The van der Waals surface area contributed by atoms with Crippen LogP contribution in [0.5, 0.6) is 0 Å². The quantitative estimate of drug-likeness (QED) is 0.643. The number of ether oxygens (including phenoxy) is 1. The number of nitrogens with one attached hydrogen (secondary N) is 1. The maximum atomic E-state index is 12.1. The van der Waals surface area contributed by atoms with Gasteiger partial charge in [0.25, 0.3) is 0 Å². The van der Waals surface area contributed by atoms with Crippen molar-refractivity contribution < 1.29 is 9.53 Å². The van der Waals surface area contributed by atoms with E-state index in [0.29, 0.717) is 13.1 Å². The zero-order chi connectivity index (χ0) is 15.5. The normalized spacial score (nSPS) is 20.4. The average molecular weight is 293 g/mol. The molecule has 21 heavy (non-hydrogen) atoms. The lowest BCUT2D eigenvalue weighted by Gasteiger charge is -2.25. The molecule has 7 nitrogen and oxygen atoms in total. The first-order chi connectivity index (χ1) is 9.90. The molecule has 116 valence electrons. The Morgan fingerprint density at radius 2 is 2.29 bits per heavy atom. The summed E-state index contributed by atoms with van der Waals surface area (Å²) in [6.07, 6.45) is 5.53. The summed E-state index contributed by atoms with van der Waals surface area (Å²) in [6.45, 7) is 6.85. The van der Waals surface area contributed by atoms with Crippen LogP contribution in [0.3, 0.4) is 0 Å². The summed E-state index contributed by atoms with van der Waals surface area (Å²) < 4.78 is 5.40. The molecule has 2 rings (SSSR count). The lowest BCUT2D eigenvalue weighted by molar-refractivity contribution is 0.0285. The fourth-order valence-electron chi connectivity index (χ4n) is 2.49. The van der Waals surface area contributed by atoms with E-state index in [9.17, 15) is 4.79 Å². The van der Waals surface area contributed by atoms with Gasteiger partial charge in [0.15, 0.2) is 0 Å². The molecule has 0 saturated carbocycles. The summed E-state index contributed by atoms with van der Waals surface area (Å²) in [5.41, 5.74) is 3.09. The van der Waals surface area contributed by atoms with Crippen LogP contribution >= 0.6 is 0 Å². The molecule has 1 fully saturated rings. The van der Waals surface area contributed by atoms with E-state index >= 15 is 0 Å². The van der Waals surface area contributed by atoms with Crippen LogP contribution in [0.2, 0.25) is 0 Å². The van der Waals surface area contributed by atoms with E-state index in [2.05, 4.69) is 15.4 Å². The Morgan fingerprint density at radius 1 is 1.52 bits per heavy atom.